The van der Waals surface area contributed by atoms with Crippen molar-refractivity contribution in [2.75, 3.05) is 13.1 Å². The van der Waals surface area contributed by atoms with E-state index in [1.165, 1.54) is 16.8 Å². The molecule has 1 aromatic heterocycles. The van der Waals surface area contributed by atoms with Crippen LogP contribution in [-0.2, 0) is 17.1 Å². The van der Waals surface area contributed by atoms with Crippen molar-refractivity contribution in [2.45, 2.75) is 4.90 Å². The lowest BCUT2D eigenvalue weighted by Gasteiger charge is -2.00. The SMILES string of the molecule is Cn1cc(S(=O)(=O)NC/C=C/CN)cc1C(N)=O. The van der Waals surface area contributed by atoms with Gasteiger partial charge in [-0.25, -0.2) is 13.1 Å². The van der Waals surface area contributed by atoms with Gasteiger partial charge in [0.25, 0.3) is 5.91 Å². The summed E-state index contributed by atoms with van der Waals surface area (Å²) in [7, 11) is -2.10. The molecule has 0 saturated carbocycles. The van der Waals surface area contributed by atoms with Gasteiger partial charge in [0.1, 0.15) is 10.6 Å². The highest BCUT2D eigenvalue weighted by Gasteiger charge is 2.18. The van der Waals surface area contributed by atoms with Crippen LogP contribution in [0.25, 0.3) is 0 Å². The molecule has 5 N–H and O–H groups in total. The normalized spacial score (nSPS) is 12.1. The standard InChI is InChI=1S/C10H16N4O3S/c1-14-7-8(6-9(14)10(12)15)18(16,17)13-5-3-2-4-11/h2-3,6-7,13H,4-5,11H2,1H3,(H2,12,15)/b3-2+. The van der Waals surface area contributed by atoms with Crippen molar-refractivity contribution in [2.24, 2.45) is 18.5 Å². The van der Waals surface area contributed by atoms with Crippen LogP contribution in [0.1, 0.15) is 10.5 Å². The third-order valence-corrected chi connectivity index (χ3v) is 3.63. The number of carbonyl (C=O) groups is 1. The van der Waals surface area contributed by atoms with Crippen LogP contribution in [0.15, 0.2) is 29.3 Å². The number of primary amides is 1. The summed E-state index contributed by atoms with van der Waals surface area (Å²) in [6, 6.07) is 1.23. The maximum atomic E-state index is 11.8. The Morgan fingerprint density at radius 1 is 1.50 bits per heavy atom. The van der Waals surface area contributed by atoms with Gasteiger partial charge < -0.3 is 16.0 Å². The predicted octanol–water partition coefficient (Wildman–Crippen LogP) is -1.08. The number of carbonyl (C=O) groups excluding carboxylic acids is 1. The lowest BCUT2D eigenvalue weighted by atomic mass is 10.4. The summed E-state index contributed by atoms with van der Waals surface area (Å²) < 4.78 is 27.4. The number of amides is 1. The molecule has 0 spiro atoms. The Hall–Kier alpha value is -1.64. The van der Waals surface area contributed by atoms with Gasteiger partial charge in [0, 0.05) is 26.3 Å². The highest BCUT2D eigenvalue weighted by molar-refractivity contribution is 7.89. The number of aromatic nitrogens is 1. The number of sulfonamides is 1. The molecule has 1 amide bonds. The number of nitrogens with two attached hydrogens (primary N) is 2. The van der Waals surface area contributed by atoms with Crippen molar-refractivity contribution in [3.05, 3.63) is 30.1 Å². The summed E-state index contributed by atoms with van der Waals surface area (Å²) in [5, 5.41) is 0. The first-order chi connectivity index (χ1) is 8.38. The summed E-state index contributed by atoms with van der Waals surface area (Å²) >= 11 is 0. The molecule has 0 atom stereocenters. The second-order valence-corrected chi connectivity index (χ2v) is 5.36. The summed E-state index contributed by atoms with van der Waals surface area (Å²) in [6.07, 6.45) is 4.58. The van der Waals surface area contributed by atoms with Gasteiger partial charge in [0.15, 0.2) is 0 Å². The maximum Gasteiger partial charge on any atom is 0.265 e. The highest BCUT2D eigenvalue weighted by Crippen LogP contribution is 2.12. The Morgan fingerprint density at radius 2 is 2.17 bits per heavy atom. The molecule has 0 aliphatic rings. The molecule has 0 aliphatic heterocycles. The third-order valence-electron chi connectivity index (χ3n) is 2.24. The first-order valence-corrected chi connectivity index (χ1v) is 6.67. The fraction of sp³-hybridized carbons (Fsp3) is 0.300. The molecule has 0 bridgehead atoms. The first kappa shape index (κ1) is 14.4. The van der Waals surface area contributed by atoms with Crippen LogP contribution in [0.4, 0.5) is 0 Å². The minimum Gasteiger partial charge on any atom is -0.364 e. The van der Waals surface area contributed by atoms with E-state index in [1.54, 1.807) is 19.2 Å². The minimum atomic E-state index is -3.65. The van der Waals surface area contributed by atoms with Crippen LogP contribution in [0, 0.1) is 0 Å². The summed E-state index contributed by atoms with van der Waals surface area (Å²) in [5.74, 6) is -0.679. The number of hydrogen-bond donors (Lipinski definition) is 3. The van der Waals surface area contributed by atoms with Crippen LogP contribution in [-0.4, -0.2) is 32.0 Å². The molecule has 7 nitrogen and oxygen atoms in total. The first-order valence-electron chi connectivity index (χ1n) is 5.19. The van der Waals surface area contributed by atoms with Crippen molar-refractivity contribution in [3.63, 3.8) is 0 Å². The van der Waals surface area contributed by atoms with Crippen molar-refractivity contribution < 1.29 is 13.2 Å². The van der Waals surface area contributed by atoms with E-state index >= 15 is 0 Å². The second-order valence-electron chi connectivity index (χ2n) is 3.60. The molecular weight excluding hydrogens is 256 g/mol. The quantitative estimate of drug-likeness (QED) is 0.570. The summed E-state index contributed by atoms with van der Waals surface area (Å²) in [5.41, 5.74) is 10.5. The number of nitrogens with zero attached hydrogens (tertiary/aromatic N) is 1. The summed E-state index contributed by atoms with van der Waals surface area (Å²) in [4.78, 5) is 11.0. The summed E-state index contributed by atoms with van der Waals surface area (Å²) in [6.45, 7) is 0.485. The molecule has 1 aromatic rings. The lowest BCUT2D eigenvalue weighted by Crippen LogP contribution is -2.23. The van der Waals surface area contributed by atoms with E-state index in [0.29, 0.717) is 6.54 Å². The van der Waals surface area contributed by atoms with E-state index in [1.807, 2.05) is 0 Å². The average Bonchev–Trinajstić information content (AvgIpc) is 2.68. The Morgan fingerprint density at radius 3 is 2.67 bits per heavy atom. The Kier molecular flexibility index (Phi) is 4.65. The molecule has 0 fully saturated rings. The second kappa shape index (κ2) is 5.80. The highest BCUT2D eigenvalue weighted by atomic mass is 32.2. The zero-order valence-electron chi connectivity index (χ0n) is 9.96. The molecule has 1 rings (SSSR count). The number of nitrogens with one attached hydrogen (secondary N) is 1. The fourth-order valence-electron chi connectivity index (χ4n) is 1.35. The number of aryl methyl sites for hydroxylation is 1. The monoisotopic (exact) mass is 272 g/mol. The van der Waals surface area contributed by atoms with E-state index in [0.717, 1.165) is 0 Å². The van der Waals surface area contributed by atoms with Crippen molar-refractivity contribution in [1.82, 2.24) is 9.29 Å². The average molecular weight is 272 g/mol. The predicted molar refractivity (Wildman–Crippen MR) is 67.3 cm³/mol. The molecule has 0 radical (unpaired) electrons. The molecule has 100 valence electrons. The van der Waals surface area contributed by atoms with Gasteiger partial charge in [-0.05, 0) is 6.07 Å². The number of rotatable bonds is 6. The van der Waals surface area contributed by atoms with Gasteiger partial charge in [-0.1, -0.05) is 12.2 Å². The third kappa shape index (κ3) is 3.42. The van der Waals surface area contributed by atoms with Gasteiger partial charge in [-0.3, -0.25) is 4.79 Å². The topological polar surface area (TPSA) is 120 Å². The fourth-order valence-corrected chi connectivity index (χ4v) is 2.39. The van der Waals surface area contributed by atoms with Crippen LogP contribution >= 0.6 is 0 Å². The Balaban J connectivity index is 2.89. The van der Waals surface area contributed by atoms with Gasteiger partial charge in [-0.15, -0.1) is 0 Å². The molecule has 0 saturated heterocycles. The Bertz CT molecular complexity index is 560. The smallest absolute Gasteiger partial charge is 0.265 e. The zero-order chi connectivity index (χ0) is 13.8. The van der Waals surface area contributed by atoms with E-state index in [9.17, 15) is 13.2 Å². The molecule has 1 heterocycles. The van der Waals surface area contributed by atoms with E-state index < -0.39 is 15.9 Å². The van der Waals surface area contributed by atoms with Gasteiger partial charge in [-0.2, -0.15) is 0 Å². The van der Waals surface area contributed by atoms with Crippen molar-refractivity contribution in [3.8, 4) is 0 Å². The van der Waals surface area contributed by atoms with Crippen molar-refractivity contribution >= 4 is 15.9 Å². The molecule has 0 unspecified atom stereocenters. The van der Waals surface area contributed by atoms with Crippen LogP contribution < -0.4 is 16.2 Å². The zero-order valence-corrected chi connectivity index (χ0v) is 10.8. The van der Waals surface area contributed by atoms with Crippen LogP contribution in [0.2, 0.25) is 0 Å². The Labute approximate surface area is 106 Å². The molecule has 8 heteroatoms. The van der Waals surface area contributed by atoms with Gasteiger partial charge in [0.2, 0.25) is 10.0 Å². The lowest BCUT2D eigenvalue weighted by molar-refractivity contribution is 0.0992. The van der Waals surface area contributed by atoms with Crippen LogP contribution in [0.3, 0.4) is 0 Å². The van der Waals surface area contributed by atoms with E-state index in [4.69, 9.17) is 11.5 Å². The number of hydrogen-bond acceptors (Lipinski definition) is 4. The molecular formula is C10H16N4O3S. The van der Waals surface area contributed by atoms with E-state index in [2.05, 4.69) is 4.72 Å². The molecule has 0 aliphatic carbocycles. The van der Waals surface area contributed by atoms with Gasteiger partial charge in [0.05, 0.1) is 0 Å². The maximum absolute atomic E-state index is 11.8. The largest absolute Gasteiger partial charge is 0.364 e. The molecule has 18 heavy (non-hydrogen) atoms. The van der Waals surface area contributed by atoms with Crippen LogP contribution in [0.5, 0.6) is 0 Å². The minimum absolute atomic E-state index is 0.0000477. The molecule has 0 aromatic carbocycles. The van der Waals surface area contributed by atoms with E-state index in [-0.39, 0.29) is 17.1 Å². The van der Waals surface area contributed by atoms with Crippen molar-refractivity contribution in [1.29, 1.82) is 0 Å². The van der Waals surface area contributed by atoms with Gasteiger partial charge >= 0.3 is 0 Å².